The first-order valence-corrected chi connectivity index (χ1v) is 5.37. The van der Waals surface area contributed by atoms with Crippen LogP contribution in [0.25, 0.3) is 11.0 Å². The molecule has 0 aliphatic rings. The fraction of sp³-hybridized carbons (Fsp3) is 0.333. The molecule has 0 unspecified atom stereocenters. The molecule has 0 bridgehead atoms. The number of hydrogen-bond donors (Lipinski definition) is 0. The standard InChI is InChI=1S/C12H13N3O/c1-2-4-9(16)7-11-10-5-3-6-13-12(10)15-8-14-11/h3,5-6,8H,2,4,7H2,1H3. The Morgan fingerprint density at radius 3 is 3.00 bits per heavy atom. The molecule has 0 radical (unpaired) electrons. The molecule has 0 saturated heterocycles. The molecule has 2 rings (SSSR count). The summed E-state index contributed by atoms with van der Waals surface area (Å²) in [4.78, 5) is 23.9. The molecule has 16 heavy (non-hydrogen) atoms. The van der Waals surface area contributed by atoms with E-state index in [-0.39, 0.29) is 5.78 Å². The van der Waals surface area contributed by atoms with Gasteiger partial charge in [0.1, 0.15) is 12.1 Å². The lowest BCUT2D eigenvalue weighted by Crippen LogP contribution is -2.05. The minimum absolute atomic E-state index is 0.214. The maximum absolute atomic E-state index is 11.6. The monoisotopic (exact) mass is 215 g/mol. The highest BCUT2D eigenvalue weighted by Gasteiger charge is 2.08. The molecular weight excluding hydrogens is 202 g/mol. The van der Waals surface area contributed by atoms with Crippen LogP contribution in [-0.2, 0) is 11.2 Å². The first-order valence-electron chi connectivity index (χ1n) is 5.37. The molecule has 4 nitrogen and oxygen atoms in total. The molecule has 2 heterocycles. The van der Waals surface area contributed by atoms with E-state index in [1.54, 1.807) is 6.20 Å². The molecule has 82 valence electrons. The average Bonchev–Trinajstić information content (AvgIpc) is 2.30. The quantitative estimate of drug-likeness (QED) is 0.782. The molecule has 0 aliphatic heterocycles. The summed E-state index contributed by atoms with van der Waals surface area (Å²) in [5.74, 6) is 0.214. The lowest BCUT2D eigenvalue weighted by atomic mass is 10.1. The molecular formula is C12H13N3O. The van der Waals surface area contributed by atoms with Gasteiger partial charge in [-0.15, -0.1) is 0 Å². The van der Waals surface area contributed by atoms with Crippen molar-refractivity contribution in [3.05, 3.63) is 30.4 Å². The molecule has 0 aliphatic carbocycles. The zero-order valence-corrected chi connectivity index (χ0v) is 9.18. The molecule has 0 atom stereocenters. The van der Waals surface area contributed by atoms with Crippen molar-refractivity contribution in [3.8, 4) is 0 Å². The number of ketones is 1. The first kappa shape index (κ1) is 10.7. The zero-order chi connectivity index (χ0) is 11.4. The Kier molecular flexibility index (Phi) is 3.19. The van der Waals surface area contributed by atoms with Crippen molar-refractivity contribution in [1.29, 1.82) is 0 Å². The van der Waals surface area contributed by atoms with Crippen LogP contribution in [0.1, 0.15) is 25.5 Å². The molecule has 0 amide bonds. The highest BCUT2D eigenvalue weighted by molar-refractivity contribution is 5.86. The maximum atomic E-state index is 11.6. The summed E-state index contributed by atoms with van der Waals surface area (Å²) in [6.07, 6.45) is 5.00. The van der Waals surface area contributed by atoms with Gasteiger partial charge in [-0.3, -0.25) is 4.79 Å². The van der Waals surface area contributed by atoms with Crippen molar-refractivity contribution < 1.29 is 4.79 Å². The highest BCUT2D eigenvalue weighted by Crippen LogP contribution is 2.13. The number of pyridine rings is 1. The predicted octanol–water partition coefficient (Wildman–Crippen LogP) is 1.94. The predicted molar refractivity (Wildman–Crippen MR) is 61.0 cm³/mol. The summed E-state index contributed by atoms with van der Waals surface area (Å²) >= 11 is 0. The second-order valence-electron chi connectivity index (χ2n) is 3.66. The fourth-order valence-electron chi connectivity index (χ4n) is 1.64. The Morgan fingerprint density at radius 2 is 2.19 bits per heavy atom. The Balaban J connectivity index is 2.33. The number of rotatable bonds is 4. The van der Waals surface area contributed by atoms with Crippen LogP contribution in [0.4, 0.5) is 0 Å². The third-order valence-corrected chi connectivity index (χ3v) is 2.38. The van der Waals surface area contributed by atoms with Crippen LogP contribution in [0.3, 0.4) is 0 Å². The van der Waals surface area contributed by atoms with E-state index in [4.69, 9.17) is 0 Å². The van der Waals surface area contributed by atoms with Crippen molar-refractivity contribution in [2.45, 2.75) is 26.2 Å². The molecule has 2 aromatic rings. The minimum Gasteiger partial charge on any atom is -0.299 e. The lowest BCUT2D eigenvalue weighted by molar-refractivity contribution is -0.118. The van der Waals surface area contributed by atoms with E-state index < -0.39 is 0 Å². The smallest absolute Gasteiger partial charge is 0.162 e. The van der Waals surface area contributed by atoms with Crippen molar-refractivity contribution in [1.82, 2.24) is 15.0 Å². The molecule has 4 heteroatoms. The SMILES string of the molecule is CCCC(=O)Cc1ncnc2ncccc12. The van der Waals surface area contributed by atoms with E-state index in [1.165, 1.54) is 6.33 Å². The summed E-state index contributed by atoms with van der Waals surface area (Å²) in [7, 11) is 0. The third-order valence-electron chi connectivity index (χ3n) is 2.38. The van der Waals surface area contributed by atoms with Crippen molar-refractivity contribution in [3.63, 3.8) is 0 Å². The molecule has 0 saturated carbocycles. The number of nitrogens with zero attached hydrogens (tertiary/aromatic N) is 3. The lowest BCUT2D eigenvalue weighted by Gasteiger charge is -2.02. The number of carbonyl (C=O) groups excluding carboxylic acids is 1. The van der Waals surface area contributed by atoms with Crippen LogP contribution in [0.2, 0.25) is 0 Å². The molecule has 0 aromatic carbocycles. The number of carbonyl (C=O) groups is 1. The minimum atomic E-state index is 0.214. The number of fused-ring (bicyclic) bond motifs is 1. The van der Waals surface area contributed by atoms with Gasteiger partial charge in [0, 0.05) is 24.4 Å². The number of Topliss-reactive ketones (excluding diaryl/α,β-unsaturated/α-hetero) is 1. The van der Waals surface area contributed by atoms with Crippen molar-refractivity contribution in [2.24, 2.45) is 0 Å². The summed E-state index contributed by atoms with van der Waals surface area (Å²) in [6.45, 7) is 2.00. The average molecular weight is 215 g/mol. The first-order chi connectivity index (χ1) is 7.81. The molecule has 0 N–H and O–H groups in total. The second kappa shape index (κ2) is 4.79. The maximum Gasteiger partial charge on any atom is 0.162 e. The number of hydrogen-bond acceptors (Lipinski definition) is 4. The van der Waals surface area contributed by atoms with Gasteiger partial charge < -0.3 is 0 Å². The van der Waals surface area contributed by atoms with Crippen LogP contribution in [0.5, 0.6) is 0 Å². The van der Waals surface area contributed by atoms with Crippen molar-refractivity contribution >= 4 is 16.8 Å². The Labute approximate surface area is 93.8 Å². The van der Waals surface area contributed by atoms with Crippen molar-refractivity contribution in [2.75, 3.05) is 0 Å². The summed E-state index contributed by atoms with van der Waals surface area (Å²) in [5, 5.41) is 0.870. The second-order valence-corrected chi connectivity index (χ2v) is 3.66. The van der Waals surface area contributed by atoms with Gasteiger partial charge in [-0.1, -0.05) is 6.92 Å². The van der Waals surface area contributed by atoms with Crippen LogP contribution < -0.4 is 0 Å². The number of aromatic nitrogens is 3. The van der Waals surface area contributed by atoms with Gasteiger partial charge in [0.15, 0.2) is 5.65 Å². The van der Waals surface area contributed by atoms with Crippen LogP contribution >= 0.6 is 0 Å². The zero-order valence-electron chi connectivity index (χ0n) is 9.18. The van der Waals surface area contributed by atoms with E-state index in [9.17, 15) is 4.79 Å². The van der Waals surface area contributed by atoms with Gasteiger partial charge in [-0.05, 0) is 18.6 Å². The van der Waals surface area contributed by atoms with E-state index >= 15 is 0 Å². The Hall–Kier alpha value is -1.84. The van der Waals surface area contributed by atoms with Gasteiger partial charge in [-0.2, -0.15) is 0 Å². The Morgan fingerprint density at radius 1 is 1.31 bits per heavy atom. The normalized spacial score (nSPS) is 10.6. The van der Waals surface area contributed by atoms with Gasteiger partial charge in [-0.25, -0.2) is 15.0 Å². The van der Waals surface area contributed by atoms with E-state index in [1.807, 2.05) is 19.1 Å². The van der Waals surface area contributed by atoms with Gasteiger partial charge in [0.25, 0.3) is 0 Å². The molecule has 2 aromatic heterocycles. The summed E-state index contributed by atoms with van der Waals surface area (Å²) in [6, 6.07) is 3.73. The van der Waals surface area contributed by atoms with Gasteiger partial charge >= 0.3 is 0 Å². The van der Waals surface area contributed by atoms with E-state index in [0.29, 0.717) is 18.5 Å². The van der Waals surface area contributed by atoms with Crippen LogP contribution in [0, 0.1) is 0 Å². The summed E-state index contributed by atoms with van der Waals surface area (Å²) < 4.78 is 0. The largest absolute Gasteiger partial charge is 0.299 e. The Bertz CT molecular complexity index is 505. The van der Waals surface area contributed by atoms with E-state index in [2.05, 4.69) is 15.0 Å². The van der Waals surface area contributed by atoms with Gasteiger partial charge in [0.2, 0.25) is 0 Å². The van der Waals surface area contributed by atoms with E-state index in [0.717, 1.165) is 17.5 Å². The van der Waals surface area contributed by atoms with Crippen LogP contribution in [-0.4, -0.2) is 20.7 Å². The van der Waals surface area contributed by atoms with Gasteiger partial charge in [0.05, 0.1) is 5.69 Å². The summed E-state index contributed by atoms with van der Waals surface area (Å²) in [5.41, 5.74) is 1.42. The highest BCUT2D eigenvalue weighted by atomic mass is 16.1. The molecule has 0 spiro atoms. The third kappa shape index (κ3) is 2.21. The topological polar surface area (TPSA) is 55.7 Å². The fourth-order valence-corrected chi connectivity index (χ4v) is 1.64. The molecule has 0 fully saturated rings. The van der Waals surface area contributed by atoms with Crippen LogP contribution in [0.15, 0.2) is 24.7 Å².